The van der Waals surface area contributed by atoms with Gasteiger partial charge in [-0.1, -0.05) is 85.5 Å². The van der Waals surface area contributed by atoms with E-state index >= 15 is 0 Å². The van der Waals surface area contributed by atoms with Crippen LogP contribution in [0.25, 0.3) is 39.6 Å². The van der Waals surface area contributed by atoms with Crippen LogP contribution in [0.5, 0.6) is 0 Å². The third-order valence-electron chi connectivity index (χ3n) is 5.17. The van der Waals surface area contributed by atoms with Gasteiger partial charge in [-0.25, -0.2) is 0 Å². The van der Waals surface area contributed by atoms with E-state index < -0.39 is 0 Å². The van der Waals surface area contributed by atoms with Crippen LogP contribution in [0, 0.1) is 0 Å². The normalized spacial score (nSPS) is 13.6. The highest BCUT2D eigenvalue weighted by atomic mass is 14.3. The van der Waals surface area contributed by atoms with Crippen LogP contribution in [-0.2, 0) is 0 Å². The largest absolute Gasteiger partial charge is 0.0985 e. The van der Waals surface area contributed by atoms with E-state index in [0.29, 0.717) is 0 Å². The van der Waals surface area contributed by atoms with E-state index in [1.807, 2.05) is 6.08 Å². The van der Waals surface area contributed by atoms with E-state index in [1.165, 1.54) is 44.2 Å². The van der Waals surface area contributed by atoms with Crippen molar-refractivity contribution in [3.8, 4) is 11.1 Å². The molecule has 0 heterocycles. The fourth-order valence-electron chi connectivity index (χ4n) is 3.83. The molecule has 0 unspecified atom stereocenters. The average Bonchev–Trinajstić information content (AvgIpc) is 3.00. The minimum Gasteiger partial charge on any atom is -0.0985 e. The quantitative estimate of drug-likeness (QED) is 0.325. The number of fused-ring (bicyclic) bond motifs is 4. The van der Waals surface area contributed by atoms with Crippen LogP contribution < -0.4 is 0 Å². The van der Waals surface area contributed by atoms with E-state index in [4.69, 9.17) is 0 Å². The van der Waals surface area contributed by atoms with Crippen LogP contribution in [0.3, 0.4) is 0 Å². The van der Waals surface area contributed by atoms with Gasteiger partial charge in [-0.05, 0) is 67.9 Å². The predicted octanol–water partition coefficient (Wildman–Crippen LogP) is 7.05. The molecule has 0 saturated carbocycles. The highest BCUT2D eigenvalue weighted by Gasteiger charge is 2.23. The van der Waals surface area contributed by atoms with Crippen molar-refractivity contribution in [1.82, 2.24) is 0 Å². The van der Waals surface area contributed by atoms with Crippen molar-refractivity contribution in [2.45, 2.75) is 0 Å². The molecule has 0 aromatic heterocycles. The molecule has 5 rings (SSSR count). The lowest BCUT2D eigenvalue weighted by Crippen LogP contribution is -1.83. The molecule has 4 aromatic rings. The van der Waals surface area contributed by atoms with Gasteiger partial charge in [0.2, 0.25) is 0 Å². The smallest absolute Gasteiger partial charge is 0.00923 e. The molecule has 1 aliphatic rings. The SMILES string of the molecule is C=Cc1ccc(/C=C2/c3ccccc3-c3cc4ccccc4cc32)cc1. The van der Waals surface area contributed by atoms with E-state index in [1.54, 1.807) is 0 Å². The molecule has 0 aliphatic heterocycles. The lowest BCUT2D eigenvalue weighted by atomic mass is 9.98. The standard InChI is InChI=1S/C26H18/c1-2-18-11-13-19(14-12-18)15-24-22-9-5-6-10-23(22)25-16-20-7-3-4-8-21(20)17-26(24)25/h2-17H,1H2/b24-15-. The first kappa shape index (κ1) is 14.9. The monoisotopic (exact) mass is 330 g/mol. The summed E-state index contributed by atoms with van der Waals surface area (Å²) >= 11 is 0. The minimum absolute atomic E-state index is 1.14. The fraction of sp³-hybridized carbons (Fsp3) is 0. The first-order valence-electron chi connectivity index (χ1n) is 8.91. The Morgan fingerprint density at radius 1 is 0.538 bits per heavy atom. The number of hydrogen-bond donors (Lipinski definition) is 0. The maximum Gasteiger partial charge on any atom is -0.00923 e. The maximum absolute atomic E-state index is 3.84. The summed E-state index contributed by atoms with van der Waals surface area (Å²) in [7, 11) is 0. The van der Waals surface area contributed by atoms with Crippen molar-refractivity contribution >= 4 is 28.5 Å². The van der Waals surface area contributed by atoms with Crippen LogP contribution in [-0.4, -0.2) is 0 Å². The first-order chi connectivity index (χ1) is 12.8. The van der Waals surface area contributed by atoms with Gasteiger partial charge >= 0.3 is 0 Å². The third kappa shape index (κ3) is 2.31. The van der Waals surface area contributed by atoms with Gasteiger partial charge in [0.15, 0.2) is 0 Å². The second-order valence-electron chi connectivity index (χ2n) is 6.72. The first-order valence-corrected chi connectivity index (χ1v) is 8.91. The summed E-state index contributed by atoms with van der Waals surface area (Å²) in [5.74, 6) is 0. The van der Waals surface area contributed by atoms with Gasteiger partial charge in [0.1, 0.15) is 0 Å². The third-order valence-corrected chi connectivity index (χ3v) is 5.17. The van der Waals surface area contributed by atoms with Crippen molar-refractivity contribution in [3.63, 3.8) is 0 Å². The number of rotatable bonds is 2. The highest BCUT2D eigenvalue weighted by molar-refractivity contribution is 6.09. The summed E-state index contributed by atoms with van der Waals surface area (Å²) in [5, 5.41) is 2.57. The number of hydrogen-bond acceptors (Lipinski definition) is 0. The van der Waals surface area contributed by atoms with Crippen LogP contribution in [0.1, 0.15) is 22.3 Å². The van der Waals surface area contributed by atoms with E-state index in [0.717, 1.165) is 5.56 Å². The molecule has 4 aromatic carbocycles. The molecule has 0 saturated heterocycles. The van der Waals surface area contributed by atoms with Crippen LogP contribution >= 0.6 is 0 Å². The van der Waals surface area contributed by atoms with Gasteiger partial charge in [-0.15, -0.1) is 0 Å². The highest BCUT2D eigenvalue weighted by Crippen LogP contribution is 2.46. The zero-order valence-electron chi connectivity index (χ0n) is 14.4. The molecule has 0 N–H and O–H groups in total. The van der Waals surface area contributed by atoms with Gasteiger partial charge < -0.3 is 0 Å². The Morgan fingerprint density at radius 2 is 1.12 bits per heavy atom. The van der Waals surface area contributed by atoms with Gasteiger partial charge in [0.25, 0.3) is 0 Å². The molecule has 0 bridgehead atoms. The van der Waals surface area contributed by atoms with Crippen molar-refractivity contribution < 1.29 is 0 Å². The second kappa shape index (κ2) is 5.86. The van der Waals surface area contributed by atoms with Crippen LogP contribution in [0.4, 0.5) is 0 Å². The summed E-state index contributed by atoms with van der Waals surface area (Å²) in [6.07, 6.45) is 4.18. The number of benzene rings is 4. The molecule has 0 nitrogen and oxygen atoms in total. The van der Waals surface area contributed by atoms with Crippen LogP contribution in [0.15, 0.2) is 91.5 Å². The second-order valence-corrected chi connectivity index (χ2v) is 6.72. The molecule has 0 fully saturated rings. The van der Waals surface area contributed by atoms with Crippen molar-refractivity contribution in [1.29, 1.82) is 0 Å². The van der Waals surface area contributed by atoms with Crippen molar-refractivity contribution in [2.75, 3.05) is 0 Å². The molecule has 0 amide bonds. The van der Waals surface area contributed by atoms with E-state index in [-0.39, 0.29) is 0 Å². The topological polar surface area (TPSA) is 0 Å². The van der Waals surface area contributed by atoms with Crippen molar-refractivity contribution in [3.05, 3.63) is 114 Å². The molecule has 122 valence electrons. The summed E-state index contributed by atoms with van der Waals surface area (Å²) < 4.78 is 0. The lowest BCUT2D eigenvalue weighted by molar-refractivity contribution is 1.61. The molecule has 26 heavy (non-hydrogen) atoms. The zero-order chi connectivity index (χ0) is 17.5. The van der Waals surface area contributed by atoms with E-state index in [2.05, 4.69) is 97.6 Å². The predicted molar refractivity (Wildman–Crippen MR) is 113 cm³/mol. The molecular weight excluding hydrogens is 312 g/mol. The fourth-order valence-corrected chi connectivity index (χ4v) is 3.83. The Bertz CT molecular complexity index is 1170. The van der Waals surface area contributed by atoms with Crippen LogP contribution in [0.2, 0.25) is 0 Å². The molecule has 0 heteroatoms. The molecular formula is C26H18. The Kier molecular flexibility index (Phi) is 3.36. The van der Waals surface area contributed by atoms with Crippen molar-refractivity contribution in [2.24, 2.45) is 0 Å². The Hall–Kier alpha value is -3.38. The Balaban J connectivity index is 1.76. The molecule has 0 spiro atoms. The summed E-state index contributed by atoms with van der Waals surface area (Å²) in [4.78, 5) is 0. The summed E-state index contributed by atoms with van der Waals surface area (Å²) in [6, 6.07) is 30.5. The van der Waals surface area contributed by atoms with Gasteiger partial charge in [0.05, 0.1) is 0 Å². The molecule has 1 aliphatic carbocycles. The summed E-state index contributed by atoms with van der Waals surface area (Å²) in [5.41, 5.74) is 8.93. The lowest BCUT2D eigenvalue weighted by Gasteiger charge is -2.06. The molecule has 0 atom stereocenters. The minimum atomic E-state index is 1.14. The van der Waals surface area contributed by atoms with Gasteiger partial charge in [-0.2, -0.15) is 0 Å². The van der Waals surface area contributed by atoms with E-state index in [9.17, 15) is 0 Å². The Labute approximate surface area is 153 Å². The Morgan fingerprint density at radius 3 is 1.81 bits per heavy atom. The van der Waals surface area contributed by atoms with Gasteiger partial charge in [-0.3, -0.25) is 0 Å². The maximum atomic E-state index is 3.84. The molecule has 0 radical (unpaired) electrons. The average molecular weight is 330 g/mol. The zero-order valence-corrected chi connectivity index (χ0v) is 14.4. The van der Waals surface area contributed by atoms with Gasteiger partial charge in [0, 0.05) is 0 Å². The summed E-state index contributed by atoms with van der Waals surface area (Å²) in [6.45, 7) is 3.84.